The van der Waals surface area contributed by atoms with Crippen LogP contribution in [0.1, 0.15) is 15.7 Å². The fraction of sp³-hybridized carbons (Fsp3) is 0.500. The van der Waals surface area contributed by atoms with Gasteiger partial charge in [0.2, 0.25) is 0 Å². The highest BCUT2D eigenvalue weighted by molar-refractivity contribution is 7.73. The van der Waals surface area contributed by atoms with Gasteiger partial charge >= 0.3 is 0 Å². The Morgan fingerprint density at radius 1 is 1.41 bits per heavy atom. The molecule has 0 atom stereocenters. The third-order valence-corrected chi connectivity index (χ3v) is 4.23. The minimum Gasteiger partial charge on any atom is -0.282 e. The van der Waals surface area contributed by atoms with Crippen LogP contribution >= 0.6 is 34.9 Å². The lowest BCUT2D eigenvalue weighted by Crippen LogP contribution is -2.22. The maximum Gasteiger partial charge on any atom is 0.180 e. The smallest absolute Gasteiger partial charge is 0.180 e. The van der Waals surface area contributed by atoms with Crippen LogP contribution in [0.3, 0.4) is 0 Å². The second kappa shape index (κ2) is 5.34. The van der Waals surface area contributed by atoms with Crippen LogP contribution in [0.2, 0.25) is 0 Å². The SMILES string of the molecule is Cc1nc(CN(C)Cn2nc(C)sc2=S)cs1. The van der Waals surface area contributed by atoms with Crippen molar-refractivity contribution in [2.45, 2.75) is 27.1 Å². The number of thiazole rings is 1. The van der Waals surface area contributed by atoms with Gasteiger partial charge in [-0.25, -0.2) is 9.67 Å². The molecule has 17 heavy (non-hydrogen) atoms. The molecule has 92 valence electrons. The van der Waals surface area contributed by atoms with Crippen LogP contribution in [0.5, 0.6) is 0 Å². The minimum absolute atomic E-state index is 0.708. The first-order chi connectivity index (χ1) is 8.04. The summed E-state index contributed by atoms with van der Waals surface area (Å²) in [5, 5.41) is 8.58. The van der Waals surface area contributed by atoms with Crippen LogP contribution in [-0.2, 0) is 13.2 Å². The van der Waals surface area contributed by atoms with E-state index in [2.05, 4.69) is 20.4 Å². The summed E-state index contributed by atoms with van der Waals surface area (Å²) in [4.78, 5) is 6.60. The van der Waals surface area contributed by atoms with E-state index in [1.54, 1.807) is 22.7 Å². The van der Waals surface area contributed by atoms with E-state index in [0.29, 0.717) is 6.67 Å². The van der Waals surface area contributed by atoms with Gasteiger partial charge in [0, 0.05) is 11.9 Å². The largest absolute Gasteiger partial charge is 0.282 e. The van der Waals surface area contributed by atoms with E-state index in [1.807, 2.05) is 25.6 Å². The van der Waals surface area contributed by atoms with Crippen molar-refractivity contribution in [3.63, 3.8) is 0 Å². The molecule has 2 aromatic rings. The summed E-state index contributed by atoms with van der Waals surface area (Å²) in [7, 11) is 2.05. The van der Waals surface area contributed by atoms with Gasteiger partial charge in [-0.3, -0.25) is 4.90 Å². The van der Waals surface area contributed by atoms with E-state index in [-0.39, 0.29) is 0 Å². The van der Waals surface area contributed by atoms with E-state index >= 15 is 0 Å². The zero-order chi connectivity index (χ0) is 12.4. The first-order valence-corrected chi connectivity index (χ1v) is 7.29. The molecule has 0 aromatic carbocycles. The Labute approximate surface area is 114 Å². The molecule has 0 spiro atoms. The molecule has 2 heterocycles. The number of aryl methyl sites for hydroxylation is 2. The van der Waals surface area contributed by atoms with Crippen LogP contribution in [-0.4, -0.2) is 26.7 Å². The van der Waals surface area contributed by atoms with Gasteiger partial charge in [0.25, 0.3) is 0 Å². The lowest BCUT2D eigenvalue weighted by atomic mass is 10.4. The zero-order valence-electron chi connectivity index (χ0n) is 10.0. The lowest BCUT2D eigenvalue weighted by Gasteiger charge is -2.14. The van der Waals surface area contributed by atoms with E-state index in [0.717, 1.165) is 26.2 Å². The van der Waals surface area contributed by atoms with Crippen molar-refractivity contribution in [3.8, 4) is 0 Å². The van der Waals surface area contributed by atoms with Gasteiger partial charge < -0.3 is 0 Å². The molecule has 0 unspecified atom stereocenters. The molecule has 4 nitrogen and oxygen atoms in total. The van der Waals surface area contributed by atoms with Gasteiger partial charge in [-0.05, 0) is 33.1 Å². The van der Waals surface area contributed by atoms with Crippen molar-refractivity contribution in [1.29, 1.82) is 0 Å². The average molecular weight is 286 g/mol. The van der Waals surface area contributed by atoms with Crippen LogP contribution in [0.4, 0.5) is 0 Å². The van der Waals surface area contributed by atoms with Crippen molar-refractivity contribution < 1.29 is 0 Å². The molecule has 0 aliphatic heterocycles. The Morgan fingerprint density at radius 2 is 2.18 bits per heavy atom. The van der Waals surface area contributed by atoms with Gasteiger partial charge in [0.1, 0.15) is 5.01 Å². The predicted octanol–water partition coefficient (Wildman–Crippen LogP) is 2.84. The van der Waals surface area contributed by atoms with Crippen molar-refractivity contribution in [2.75, 3.05) is 7.05 Å². The topological polar surface area (TPSA) is 34.0 Å². The molecule has 7 heteroatoms. The first kappa shape index (κ1) is 12.8. The molecule has 2 rings (SSSR count). The molecule has 0 saturated heterocycles. The Kier molecular flexibility index (Phi) is 4.03. The summed E-state index contributed by atoms with van der Waals surface area (Å²) in [5.74, 6) is 0. The molecular formula is C10H14N4S3. The van der Waals surface area contributed by atoms with Gasteiger partial charge in [-0.2, -0.15) is 5.10 Å². The molecule has 0 saturated carbocycles. The summed E-state index contributed by atoms with van der Waals surface area (Å²) in [6.07, 6.45) is 0. The number of aromatic nitrogens is 3. The Morgan fingerprint density at radius 3 is 2.71 bits per heavy atom. The highest BCUT2D eigenvalue weighted by Crippen LogP contribution is 2.11. The van der Waals surface area contributed by atoms with Crippen molar-refractivity contribution in [2.24, 2.45) is 0 Å². The third-order valence-electron chi connectivity index (χ3n) is 2.18. The highest BCUT2D eigenvalue weighted by atomic mass is 32.1. The second-order valence-electron chi connectivity index (χ2n) is 3.90. The molecule has 0 aliphatic carbocycles. The summed E-state index contributed by atoms with van der Waals surface area (Å²) >= 11 is 8.47. The molecule has 0 fully saturated rings. The maximum atomic E-state index is 5.24. The fourth-order valence-corrected chi connectivity index (χ4v) is 3.20. The average Bonchev–Trinajstić information content (AvgIpc) is 2.74. The van der Waals surface area contributed by atoms with Gasteiger partial charge in [0.15, 0.2) is 3.95 Å². The lowest BCUT2D eigenvalue weighted by molar-refractivity contribution is 0.242. The Hall–Kier alpha value is -0.630. The number of rotatable bonds is 4. The van der Waals surface area contributed by atoms with Gasteiger partial charge in [-0.15, -0.1) is 11.3 Å². The predicted molar refractivity (Wildman–Crippen MR) is 74.0 cm³/mol. The normalized spacial score (nSPS) is 11.3. The number of hydrogen-bond acceptors (Lipinski definition) is 6. The maximum absolute atomic E-state index is 5.24. The van der Waals surface area contributed by atoms with E-state index in [4.69, 9.17) is 12.2 Å². The number of nitrogens with zero attached hydrogens (tertiary/aromatic N) is 4. The third kappa shape index (κ3) is 3.41. The van der Waals surface area contributed by atoms with Crippen LogP contribution in [0.15, 0.2) is 5.38 Å². The molecule has 0 aliphatic rings. The highest BCUT2D eigenvalue weighted by Gasteiger charge is 2.06. The summed E-state index contributed by atoms with van der Waals surface area (Å²) < 4.78 is 2.68. The first-order valence-electron chi connectivity index (χ1n) is 5.18. The van der Waals surface area contributed by atoms with E-state index < -0.39 is 0 Å². The standard InChI is InChI=1S/C10H14N4S3/c1-7-11-9(5-16-7)4-13(3)6-14-10(15)17-8(2)12-14/h5H,4,6H2,1-3H3. The minimum atomic E-state index is 0.708. The summed E-state index contributed by atoms with van der Waals surface area (Å²) in [5.41, 5.74) is 1.11. The quantitative estimate of drug-likeness (QED) is 0.809. The van der Waals surface area contributed by atoms with E-state index in [1.165, 1.54) is 0 Å². The summed E-state index contributed by atoms with van der Waals surface area (Å²) in [6.45, 7) is 5.53. The van der Waals surface area contributed by atoms with Gasteiger partial charge in [-0.1, -0.05) is 11.3 Å². The van der Waals surface area contributed by atoms with Crippen molar-refractivity contribution in [1.82, 2.24) is 19.7 Å². The van der Waals surface area contributed by atoms with Crippen molar-refractivity contribution >= 4 is 34.9 Å². The molecule has 0 amide bonds. The molecule has 0 radical (unpaired) electrons. The van der Waals surface area contributed by atoms with Crippen LogP contribution in [0.25, 0.3) is 0 Å². The second-order valence-corrected chi connectivity index (χ2v) is 6.79. The molecule has 2 aromatic heterocycles. The van der Waals surface area contributed by atoms with Crippen LogP contribution < -0.4 is 0 Å². The van der Waals surface area contributed by atoms with Crippen LogP contribution in [0, 0.1) is 17.8 Å². The summed E-state index contributed by atoms with van der Waals surface area (Å²) in [6, 6.07) is 0. The number of hydrogen-bond donors (Lipinski definition) is 0. The Balaban J connectivity index is 2.00. The molecule has 0 N–H and O–H groups in total. The van der Waals surface area contributed by atoms with Crippen molar-refractivity contribution in [3.05, 3.63) is 25.0 Å². The monoisotopic (exact) mass is 286 g/mol. The van der Waals surface area contributed by atoms with E-state index in [9.17, 15) is 0 Å². The van der Waals surface area contributed by atoms with Gasteiger partial charge in [0.05, 0.1) is 17.4 Å². The molecular weight excluding hydrogens is 272 g/mol. The fourth-order valence-electron chi connectivity index (χ4n) is 1.54. The molecule has 0 bridgehead atoms. The zero-order valence-corrected chi connectivity index (χ0v) is 12.5. The Bertz CT molecular complexity index is 554.